The standard InChI is InChI=1S/C10H16N4O3S/c1-10(9(15)11-2)3-4-14(6-10)18(16,17)8-5-12-7-13-8/h5,7H,3-4,6H2,1-2H3,(H,11,15)(H,12,13). The molecule has 0 saturated carbocycles. The number of rotatable bonds is 3. The fourth-order valence-corrected chi connectivity index (χ4v) is 3.59. The number of carbonyl (C=O) groups excluding carboxylic acids is 1. The highest BCUT2D eigenvalue weighted by molar-refractivity contribution is 7.89. The van der Waals surface area contributed by atoms with E-state index in [0.29, 0.717) is 13.0 Å². The second kappa shape index (κ2) is 4.36. The number of nitrogens with zero attached hydrogens (tertiary/aromatic N) is 2. The molecular formula is C10H16N4O3S. The van der Waals surface area contributed by atoms with E-state index >= 15 is 0 Å². The Kier molecular flexibility index (Phi) is 3.16. The van der Waals surface area contributed by atoms with Gasteiger partial charge in [0.15, 0.2) is 5.03 Å². The Morgan fingerprint density at radius 2 is 2.33 bits per heavy atom. The van der Waals surface area contributed by atoms with Gasteiger partial charge in [-0.2, -0.15) is 4.31 Å². The van der Waals surface area contributed by atoms with Crippen LogP contribution in [0.4, 0.5) is 0 Å². The molecule has 1 aliphatic heterocycles. The van der Waals surface area contributed by atoms with Gasteiger partial charge in [-0.05, 0) is 13.3 Å². The number of H-pyrrole nitrogens is 1. The Morgan fingerprint density at radius 3 is 2.89 bits per heavy atom. The normalized spacial score (nSPS) is 25.2. The maximum Gasteiger partial charge on any atom is 0.260 e. The van der Waals surface area contributed by atoms with Crippen molar-refractivity contribution in [2.24, 2.45) is 5.41 Å². The van der Waals surface area contributed by atoms with Crippen molar-refractivity contribution in [3.63, 3.8) is 0 Å². The van der Waals surface area contributed by atoms with Crippen molar-refractivity contribution in [3.05, 3.63) is 12.5 Å². The minimum atomic E-state index is -3.57. The van der Waals surface area contributed by atoms with E-state index in [1.807, 2.05) is 0 Å². The van der Waals surface area contributed by atoms with Crippen LogP contribution in [0, 0.1) is 5.41 Å². The van der Waals surface area contributed by atoms with E-state index in [0.717, 1.165) is 0 Å². The van der Waals surface area contributed by atoms with Crippen LogP contribution in [0.25, 0.3) is 0 Å². The van der Waals surface area contributed by atoms with Crippen molar-refractivity contribution in [1.82, 2.24) is 19.6 Å². The Hall–Kier alpha value is -1.41. The van der Waals surface area contributed by atoms with Gasteiger partial charge in [0.2, 0.25) is 5.91 Å². The summed E-state index contributed by atoms with van der Waals surface area (Å²) < 4.78 is 25.7. The van der Waals surface area contributed by atoms with E-state index in [9.17, 15) is 13.2 Å². The van der Waals surface area contributed by atoms with E-state index < -0.39 is 15.4 Å². The van der Waals surface area contributed by atoms with Gasteiger partial charge in [0, 0.05) is 20.1 Å². The second-order valence-corrected chi connectivity index (χ2v) is 6.55. The Balaban J connectivity index is 2.22. The van der Waals surface area contributed by atoms with Crippen molar-refractivity contribution in [1.29, 1.82) is 0 Å². The number of aromatic nitrogens is 2. The summed E-state index contributed by atoms with van der Waals surface area (Å²) in [7, 11) is -2.02. The summed E-state index contributed by atoms with van der Waals surface area (Å²) in [5.41, 5.74) is -0.665. The van der Waals surface area contributed by atoms with Gasteiger partial charge in [-0.3, -0.25) is 4.79 Å². The van der Waals surface area contributed by atoms with Crippen LogP contribution in [0.3, 0.4) is 0 Å². The third-order valence-corrected chi connectivity index (χ3v) is 5.08. The van der Waals surface area contributed by atoms with Gasteiger partial charge in [0.05, 0.1) is 17.9 Å². The summed E-state index contributed by atoms with van der Waals surface area (Å²) in [6.45, 7) is 2.30. The average Bonchev–Trinajstić information content (AvgIpc) is 2.97. The van der Waals surface area contributed by atoms with Gasteiger partial charge in [-0.1, -0.05) is 0 Å². The average molecular weight is 272 g/mol. The third-order valence-electron chi connectivity index (χ3n) is 3.30. The lowest BCUT2D eigenvalue weighted by molar-refractivity contribution is -0.128. The maximum atomic E-state index is 12.2. The molecule has 2 heterocycles. The van der Waals surface area contributed by atoms with Gasteiger partial charge in [-0.25, -0.2) is 13.4 Å². The molecule has 0 aromatic carbocycles. The van der Waals surface area contributed by atoms with Crippen molar-refractivity contribution < 1.29 is 13.2 Å². The number of sulfonamides is 1. The topological polar surface area (TPSA) is 95.2 Å². The molecule has 1 unspecified atom stereocenters. The molecule has 8 heteroatoms. The van der Waals surface area contributed by atoms with Crippen molar-refractivity contribution in [3.8, 4) is 0 Å². The zero-order valence-electron chi connectivity index (χ0n) is 10.3. The third kappa shape index (κ3) is 2.01. The smallest absolute Gasteiger partial charge is 0.260 e. The predicted molar refractivity (Wildman–Crippen MR) is 64.1 cm³/mol. The quantitative estimate of drug-likeness (QED) is 0.779. The highest BCUT2D eigenvalue weighted by Crippen LogP contribution is 2.33. The van der Waals surface area contributed by atoms with Crippen molar-refractivity contribution in [2.75, 3.05) is 20.1 Å². The highest BCUT2D eigenvalue weighted by Gasteiger charge is 2.44. The highest BCUT2D eigenvalue weighted by atomic mass is 32.2. The van der Waals surface area contributed by atoms with Crippen molar-refractivity contribution >= 4 is 15.9 Å². The summed E-state index contributed by atoms with van der Waals surface area (Å²) in [5.74, 6) is -0.134. The van der Waals surface area contributed by atoms with E-state index in [-0.39, 0.29) is 17.5 Å². The van der Waals surface area contributed by atoms with Crippen LogP contribution in [0.1, 0.15) is 13.3 Å². The molecule has 0 radical (unpaired) electrons. The first-order chi connectivity index (χ1) is 8.40. The van der Waals surface area contributed by atoms with Crippen LogP contribution in [-0.2, 0) is 14.8 Å². The number of imidazole rings is 1. The zero-order chi connectivity index (χ0) is 13.4. The summed E-state index contributed by atoms with van der Waals surface area (Å²) in [4.78, 5) is 18.0. The lowest BCUT2D eigenvalue weighted by atomic mass is 9.89. The molecule has 1 aromatic heterocycles. The number of carbonyl (C=O) groups is 1. The van der Waals surface area contributed by atoms with Crippen LogP contribution in [-0.4, -0.2) is 48.7 Å². The van der Waals surface area contributed by atoms with E-state index in [1.165, 1.54) is 16.8 Å². The number of aromatic amines is 1. The largest absolute Gasteiger partial charge is 0.359 e. The summed E-state index contributed by atoms with van der Waals surface area (Å²) in [5, 5.41) is 2.63. The summed E-state index contributed by atoms with van der Waals surface area (Å²) in [6, 6.07) is 0. The Labute approximate surface area is 106 Å². The first-order valence-electron chi connectivity index (χ1n) is 5.61. The molecule has 1 aliphatic rings. The number of hydrogen-bond donors (Lipinski definition) is 2. The Morgan fingerprint density at radius 1 is 1.61 bits per heavy atom. The molecule has 1 amide bonds. The minimum absolute atomic E-state index is 0.0589. The first-order valence-corrected chi connectivity index (χ1v) is 7.05. The molecular weight excluding hydrogens is 256 g/mol. The van der Waals surface area contributed by atoms with Crippen LogP contribution in [0.5, 0.6) is 0 Å². The lowest BCUT2D eigenvalue weighted by Gasteiger charge is -2.22. The predicted octanol–water partition coefficient (Wildman–Crippen LogP) is -0.444. The molecule has 18 heavy (non-hydrogen) atoms. The van der Waals surface area contributed by atoms with E-state index in [1.54, 1.807) is 14.0 Å². The lowest BCUT2D eigenvalue weighted by Crippen LogP contribution is -2.40. The molecule has 7 nitrogen and oxygen atoms in total. The number of amides is 1. The first kappa shape index (κ1) is 13.0. The molecule has 1 fully saturated rings. The van der Waals surface area contributed by atoms with E-state index in [2.05, 4.69) is 15.3 Å². The minimum Gasteiger partial charge on any atom is -0.359 e. The number of nitrogens with one attached hydrogen (secondary N) is 2. The molecule has 0 bridgehead atoms. The molecule has 2 rings (SSSR count). The van der Waals surface area contributed by atoms with Gasteiger partial charge >= 0.3 is 0 Å². The van der Waals surface area contributed by atoms with E-state index in [4.69, 9.17) is 0 Å². The zero-order valence-corrected chi connectivity index (χ0v) is 11.1. The van der Waals surface area contributed by atoms with Crippen LogP contribution < -0.4 is 5.32 Å². The molecule has 1 atom stereocenters. The SMILES string of the molecule is CNC(=O)C1(C)CCN(S(=O)(=O)c2cnc[nH]2)C1. The fourth-order valence-electron chi connectivity index (χ4n) is 2.13. The van der Waals surface area contributed by atoms with Gasteiger partial charge in [0.25, 0.3) is 10.0 Å². The maximum absolute atomic E-state index is 12.2. The second-order valence-electron chi connectivity index (χ2n) is 4.64. The summed E-state index contributed by atoms with van der Waals surface area (Å²) in [6.07, 6.45) is 3.10. The Bertz CT molecular complexity index is 539. The summed E-state index contributed by atoms with van der Waals surface area (Å²) >= 11 is 0. The molecule has 1 saturated heterocycles. The van der Waals surface area contributed by atoms with Gasteiger partial charge < -0.3 is 10.3 Å². The molecule has 0 aliphatic carbocycles. The molecule has 2 N–H and O–H groups in total. The van der Waals surface area contributed by atoms with Crippen LogP contribution >= 0.6 is 0 Å². The van der Waals surface area contributed by atoms with Crippen molar-refractivity contribution in [2.45, 2.75) is 18.4 Å². The van der Waals surface area contributed by atoms with Gasteiger partial charge in [0.1, 0.15) is 0 Å². The fraction of sp³-hybridized carbons (Fsp3) is 0.600. The van der Waals surface area contributed by atoms with Gasteiger partial charge in [-0.15, -0.1) is 0 Å². The van der Waals surface area contributed by atoms with Crippen LogP contribution in [0.2, 0.25) is 0 Å². The molecule has 100 valence electrons. The number of hydrogen-bond acceptors (Lipinski definition) is 4. The molecule has 1 aromatic rings. The monoisotopic (exact) mass is 272 g/mol. The van der Waals surface area contributed by atoms with Crippen LogP contribution in [0.15, 0.2) is 17.6 Å². The molecule has 0 spiro atoms.